The van der Waals surface area contributed by atoms with E-state index in [0.717, 1.165) is 17.1 Å². The Morgan fingerprint density at radius 2 is 1.70 bits per heavy atom. The van der Waals surface area contributed by atoms with Crippen molar-refractivity contribution in [3.05, 3.63) is 102 Å². The van der Waals surface area contributed by atoms with Gasteiger partial charge in [0.2, 0.25) is 0 Å². The third kappa shape index (κ3) is 5.09. The quantitative estimate of drug-likeness (QED) is 0.420. The van der Waals surface area contributed by atoms with Crippen LogP contribution in [0.5, 0.6) is 5.75 Å². The van der Waals surface area contributed by atoms with Crippen LogP contribution in [0.15, 0.2) is 89.5 Å². The van der Waals surface area contributed by atoms with Gasteiger partial charge in [0, 0.05) is 13.1 Å². The number of aliphatic hydroxyl groups excluding tert-OH is 1. The lowest BCUT2D eigenvalue weighted by molar-refractivity contribution is 0.0604. The Balaban J connectivity index is 1.47. The Bertz CT molecular complexity index is 1070. The maximum Gasteiger partial charge on any atom is 0.122 e. The molecule has 0 amide bonds. The van der Waals surface area contributed by atoms with E-state index in [1.165, 1.54) is 16.3 Å². The molecule has 4 aromatic rings. The first-order valence-corrected chi connectivity index (χ1v) is 10.3. The van der Waals surface area contributed by atoms with Crippen LogP contribution >= 0.6 is 0 Å². The van der Waals surface area contributed by atoms with Gasteiger partial charge in [-0.25, -0.2) is 0 Å². The number of aryl methyl sites for hydroxylation is 1. The number of hydrogen-bond acceptors (Lipinski definition) is 4. The van der Waals surface area contributed by atoms with Gasteiger partial charge in [-0.05, 0) is 47.0 Å². The molecule has 154 valence electrons. The second-order valence-electron chi connectivity index (χ2n) is 7.62. The van der Waals surface area contributed by atoms with Gasteiger partial charge >= 0.3 is 0 Å². The van der Waals surface area contributed by atoms with Crippen molar-refractivity contribution in [2.75, 3.05) is 13.2 Å². The number of hydrogen-bond donors (Lipinski definition) is 1. The summed E-state index contributed by atoms with van der Waals surface area (Å²) in [7, 11) is 0. The lowest BCUT2D eigenvalue weighted by Gasteiger charge is -2.25. The molecule has 0 saturated carbocycles. The largest absolute Gasteiger partial charge is 0.491 e. The number of ether oxygens (including phenoxy) is 1. The summed E-state index contributed by atoms with van der Waals surface area (Å²) in [6.45, 7) is 4.07. The Labute approximate surface area is 177 Å². The smallest absolute Gasteiger partial charge is 0.122 e. The second kappa shape index (κ2) is 9.61. The molecule has 0 spiro atoms. The highest BCUT2D eigenvalue weighted by Gasteiger charge is 2.16. The molecule has 0 radical (unpaired) electrons. The monoisotopic (exact) mass is 401 g/mol. The molecule has 1 N–H and O–H groups in total. The minimum atomic E-state index is -0.616. The fourth-order valence-corrected chi connectivity index (χ4v) is 3.73. The highest BCUT2D eigenvalue weighted by Crippen LogP contribution is 2.21. The van der Waals surface area contributed by atoms with Crippen LogP contribution in [-0.2, 0) is 13.1 Å². The van der Waals surface area contributed by atoms with Crippen LogP contribution in [0.25, 0.3) is 10.8 Å². The molecule has 0 bridgehead atoms. The molecule has 1 aromatic heterocycles. The molecule has 0 fully saturated rings. The first kappa shape index (κ1) is 20.2. The zero-order valence-corrected chi connectivity index (χ0v) is 17.2. The molecular formula is C26H27NO3. The molecular weight excluding hydrogens is 374 g/mol. The third-order valence-corrected chi connectivity index (χ3v) is 5.23. The molecule has 1 atom stereocenters. The molecule has 0 aliphatic rings. The van der Waals surface area contributed by atoms with Crippen molar-refractivity contribution < 1.29 is 14.3 Å². The van der Waals surface area contributed by atoms with Gasteiger partial charge in [-0.1, -0.05) is 60.7 Å². The minimum Gasteiger partial charge on any atom is -0.491 e. The van der Waals surface area contributed by atoms with E-state index < -0.39 is 6.10 Å². The predicted molar refractivity (Wildman–Crippen MR) is 119 cm³/mol. The number of fused-ring (bicyclic) bond motifs is 1. The minimum absolute atomic E-state index is 0.245. The van der Waals surface area contributed by atoms with E-state index in [9.17, 15) is 5.11 Å². The zero-order chi connectivity index (χ0) is 20.8. The Hall–Kier alpha value is -3.08. The molecule has 0 aliphatic heterocycles. The van der Waals surface area contributed by atoms with Gasteiger partial charge in [0.05, 0.1) is 12.8 Å². The Morgan fingerprint density at radius 3 is 2.53 bits per heavy atom. The van der Waals surface area contributed by atoms with E-state index in [4.69, 9.17) is 9.15 Å². The van der Waals surface area contributed by atoms with Crippen LogP contribution in [0.4, 0.5) is 0 Å². The van der Waals surface area contributed by atoms with Crippen molar-refractivity contribution in [2.45, 2.75) is 26.1 Å². The average Bonchev–Trinajstić information content (AvgIpc) is 3.26. The summed E-state index contributed by atoms with van der Waals surface area (Å²) >= 11 is 0. The molecule has 1 unspecified atom stereocenters. The van der Waals surface area contributed by atoms with Gasteiger partial charge in [-0.2, -0.15) is 0 Å². The molecule has 3 aromatic carbocycles. The van der Waals surface area contributed by atoms with E-state index in [1.807, 2.05) is 43.3 Å². The number of para-hydroxylation sites is 1. The predicted octanol–water partition coefficient (Wildman–Crippen LogP) is 5.18. The zero-order valence-electron chi connectivity index (χ0n) is 17.2. The normalized spacial score (nSPS) is 12.4. The highest BCUT2D eigenvalue weighted by atomic mass is 16.5. The lowest BCUT2D eigenvalue weighted by Crippen LogP contribution is -2.35. The fraction of sp³-hybridized carbons (Fsp3) is 0.231. The van der Waals surface area contributed by atoms with Crippen LogP contribution in [0, 0.1) is 6.92 Å². The summed E-state index contributed by atoms with van der Waals surface area (Å²) in [5.41, 5.74) is 2.29. The summed E-state index contributed by atoms with van der Waals surface area (Å²) in [6.07, 6.45) is 1.07. The Kier molecular flexibility index (Phi) is 6.47. The lowest BCUT2D eigenvalue weighted by atomic mass is 10.0. The number of benzene rings is 3. The van der Waals surface area contributed by atoms with E-state index in [2.05, 4.69) is 47.4 Å². The van der Waals surface area contributed by atoms with Crippen molar-refractivity contribution >= 4 is 10.8 Å². The maximum atomic E-state index is 10.7. The number of aliphatic hydroxyl groups is 1. The van der Waals surface area contributed by atoms with E-state index in [-0.39, 0.29) is 6.61 Å². The fourth-order valence-electron chi connectivity index (χ4n) is 3.73. The summed E-state index contributed by atoms with van der Waals surface area (Å²) in [5.74, 6) is 1.69. The standard InChI is InChI=1S/C26H27NO3/c1-20-8-2-5-14-26(20)30-19-23(28)17-27(18-24-12-7-15-29-24)16-22-11-6-10-21-9-3-4-13-25(21)22/h2-15,23,28H,16-19H2,1H3. The van der Waals surface area contributed by atoms with Crippen LogP contribution in [-0.4, -0.2) is 29.3 Å². The molecule has 30 heavy (non-hydrogen) atoms. The highest BCUT2D eigenvalue weighted by molar-refractivity contribution is 5.85. The molecule has 4 heteroatoms. The third-order valence-electron chi connectivity index (χ3n) is 5.23. The van der Waals surface area contributed by atoms with Gasteiger partial charge in [-0.15, -0.1) is 0 Å². The van der Waals surface area contributed by atoms with Crippen molar-refractivity contribution in [3.63, 3.8) is 0 Å². The summed E-state index contributed by atoms with van der Waals surface area (Å²) in [4.78, 5) is 2.20. The van der Waals surface area contributed by atoms with Crippen LogP contribution in [0.2, 0.25) is 0 Å². The maximum absolute atomic E-state index is 10.7. The molecule has 1 heterocycles. The average molecular weight is 402 g/mol. The number of furan rings is 1. The van der Waals surface area contributed by atoms with Gasteiger partial charge < -0.3 is 14.3 Å². The SMILES string of the molecule is Cc1ccccc1OCC(O)CN(Cc1ccco1)Cc1cccc2ccccc12. The van der Waals surface area contributed by atoms with Crippen LogP contribution in [0.1, 0.15) is 16.9 Å². The summed E-state index contributed by atoms with van der Waals surface area (Å²) in [6, 6.07) is 26.5. The molecule has 0 aliphatic carbocycles. The van der Waals surface area contributed by atoms with Crippen molar-refractivity contribution in [1.82, 2.24) is 4.90 Å². The molecule has 4 nitrogen and oxygen atoms in total. The van der Waals surface area contributed by atoms with Gasteiger partial charge in [0.1, 0.15) is 24.2 Å². The van der Waals surface area contributed by atoms with Gasteiger partial charge in [0.15, 0.2) is 0 Å². The second-order valence-corrected chi connectivity index (χ2v) is 7.62. The number of rotatable bonds is 9. The van der Waals surface area contributed by atoms with Crippen LogP contribution < -0.4 is 4.74 Å². The topological polar surface area (TPSA) is 45.8 Å². The van der Waals surface area contributed by atoms with Gasteiger partial charge in [0.25, 0.3) is 0 Å². The Morgan fingerprint density at radius 1 is 0.900 bits per heavy atom. The van der Waals surface area contributed by atoms with E-state index in [1.54, 1.807) is 6.26 Å². The van der Waals surface area contributed by atoms with Crippen molar-refractivity contribution in [2.24, 2.45) is 0 Å². The van der Waals surface area contributed by atoms with Crippen LogP contribution in [0.3, 0.4) is 0 Å². The summed E-state index contributed by atoms with van der Waals surface area (Å²) < 4.78 is 11.4. The van der Waals surface area contributed by atoms with Gasteiger partial charge in [-0.3, -0.25) is 4.90 Å². The first-order valence-electron chi connectivity index (χ1n) is 10.3. The van der Waals surface area contributed by atoms with Crippen molar-refractivity contribution in [1.29, 1.82) is 0 Å². The molecule has 0 saturated heterocycles. The van der Waals surface area contributed by atoms with E-state index in [0.29, 0.717) is 19.6 Å². The number of nitrogens with zero attached hydrogens (tertiary/aromatic N) is 1. The first-order chi connectivity index (χ1) is 14.7. The van der Waals surface area contributed by atoms with Crippen molar-refractivity contribution in [3.8, 4) is 5.75 Å². The molecule has 4 rings (SSSR count). The summed E-state index contributed by atoms with van der Waals surface area (Å²) in [5, 5.41) is 13.1. The van der Waals surface area contributed by atoms with E-state index >= 15 is 0 Å².